The van der Waals surface area contributed by atoms with Gasteiger partial charge in [0.05, 0.1) is 0 Å². The van der Waals surface area contributed by atoms with Crippen molar-refractivity contribution < 1.29 is 0 Å². The van der Waals surface area contributed by atoms with E-state index in [9.17, 15) is 0 Å². The van der Waals surface area contributed by atoms with Gasteiger partial charge < -0.3 is 0 Å². The molecule has 0 saturated heterocycles. The summed E-state index contributed by atoms with van der Waals surface area (Å²) < 4.78 is 0. The predicted octanol–water partition coefficient (Wildman–Crippen LogP) is 7.63. The van der Waals surface area contributed by atoms with E-state index in [1.54, 1.807) is 0 Å². The van der Waals surface area contributed by atoms with Crippen LogP contribution in [0.4, 0.5) is 0 Å². The first-order valence-corrected chi connectivity index (χ1v) is 9.37. The lowest BCUT2D eigenvalue weighted by Crippen LogP contribution is -1.78. The van der Waals surface area contributed by atoms with Crippen LogP contribution >= 0.6 is 0 Å². The summed E-state index contributed by atoms with van der Waals surface area (Å²) >= 11 is 0. The summed E-state index contributed by atoms with van der Waals surface area (Å²) in [5.74, 6) is 0. The van der Waals surface area contributed by atoms with Crippen molar-refractivity contribution in [3.05, 3.63) is 120 Å². The van der Waals surface area contributed by atoms with Crippen LogP contribution in [-0.4, -0.2) is 0 Å². The molecule has 0 amide bonds. The second-order valence-electron chi connectivity index (χ2n) is 6.96. The van der Waals surface area contributed by atoms with E-state index in [-0.39, 0.29) is 0 Å². The average molecular weight is 351 g/mol. The molecule has 0 heterocycles. The molecule has 4 aromatic rings. The Bertz CT molecular complexity index is 902. The van der Waals surface area contributed by atoms with Crippen molar-refractivity contribution in [2.75, 3.05) is 0 Å². The van der Waals surface area contributed by atoms with Crippen molar-refractivity contribution in [2.45, 2.75) is 20.8 Å². The molecule has 0 heteroatoms. The Balaban J connectivity index is 0.000000156. The molecule has 0 atom stereocenters. The zero-order chi connectivity index (χ0) is 19.1. The zero-order valence-electron chi connectivity index (χ0n) is 16.3. The molecule has 0 saturated carbocycles. The van der Waals surface area contributed by atoms with Crippen molar-refractivity contribution >= 4 is 0 Å². The molecule has 0 aliphatic rings. The first-order chi connectivity index (χ1) is 13.1. The fraction of sp³-hybridized carbons (Fsp3) is 0.111. The Morgan fingerprint density at radius 3 is 0.852 bits per heavy atom. The van der Waals surface area contributed by atoms with E-state index in [4.69, 9.17) is 0 Å². The van der Waals surface area contributed by atoms with Gasteiger partial charge in [0.15, 0.2) is 0 Å². The van der Waals surface area contributed by atoms with Crippen molar-refractivity contribution in [3.63, 3.8) is 0 Å². The summed E-state index contributed by atoms with van der Waals surface area (Å²) in [6.45, 7) is 6.33. The van der Waals surface area contributed by atoms with Crippen molar-refractivity contribution in [2.24, 2.45) is 0 Å². The molecule has 4 aromatic carbocycles. The minimum absolute atomic E-state index is 1.28. The quantitative estimate of drug-likeness (QED) is 0.348. The van der Waals surface area contributed by atoms with Crippen LogP contribution < -0.4 is 0 Å². The van der Waals surface area contributed by atoms with E-state index in [1.807, 2.05) is 6.07 Å². The first kappa shape index (κ1) is 18.7. The standard InChI is InChI=1S/C14H14.C13H12/c1-11-3-7-13(8-4-11)14-9-5-12(2)6-10-14;1-11-7-9-13(10-8-11)12-5-3-2-4-6-12/h3-10H,1-2H3;2-10H,1H3. The van der Waals surface area contributed by atoms with Crippen LogP contribution in [0, 0.1) is 20.8 Å². The molecule has 0 bridgehead atoms. The molecular formula is C27H26. The highest BCUT2D eigenvalue weighted by molar-refractivity contribution is 5.64. The highest BCUT2D eigenvalue weighted by atomic mass is 14.0. The molecule has 0 unspecified atom stereocenters. The van der Waals surface area contributed by atoms with Gasteiger partial charge >= 0.3 is 0 Å². The molecule has 4 rings (SSSR count). The second kappa shape index (κ2) is 9.00. The Morgan fingerprint density at radius 2 is 0.556 bits per heavy atom. The maximum atomic E-state index is 2.17. The van der Waals surface area contributed by atoms with Gasteiger partial charge in [-0.1, -0.05) is 120 Å². The SMILES string of the molecule is Cc1ccc(-c2ccc(C)cc2)cc1.Cc1ccc(-c2ccccc2)cc1. The number of hydrogen-bond acceptors (Lipinski definition) is 0. The van der Waals surface area contributed by atoms with Crippen LogP contribution in [-0.2, 0) is 0 Å². The normalized spacial score (nSPS) is 10.0. The summed E-state index contributed by atoms with van der Waals surface area (Å²) in [7, 11) is 0. The van der Waals surface area contributed by atoms with Crippen LogP contribution in [0.2, 0.25) is 0 Å². The molecule has 0 nitrogen and oxygen atoms in total. The average Bonchev–Trinajstić information content (AvgIpc) is 2.71. The third-order valence-electron chi connectivity index (χ3n) is 4.60. The molecule has 27 heavy (non-hydrogen) atoms. The lowest BCUT2D eigenvalue weighted by atomic mass is 10.0. The fourth-order valence-corrected chi connectivity index (χ4v) is 2.87. The second-order valence-corrected chi connectivity index (χ2v) is 6.96. The zero-order valence-corrected chi connectivity index (χ0v) is 16.3. The maximum absolute atomic E-state index is 2.17. The molecule has 134 valence electrons. The van der Waals surface area contributed by atoms with E-state index in [0.29, 0.717) is 0 Å². The van der Waals surface area contributed by atoms with Crippen LogP contribution in [0.1, 0.15) is 16.7 Å². The van der Waals surface area contributed by atoms with Crippen molar-refractivity contribution in [3.8, 4) is 22.3 Å². The van der Waals surface area contributed by atoms with Crippen LogP contribution in [0.5, 0.6) is 0 Å². The van der Waals surface area contributed by atoms with Gasteiger partial charge in [-0.05, 0) is 43.0 Å². The van der Waals surface area contributed by atoms with Gasteiger partial charge in [0.2, 0.25) is 0 Å². The summed E-state index contributed by atoms with van der Waals surface area (Å²) in [6.07, 6.45) is 0. The van der Waals surface area contributed by atoms with Crippen molar-refractivity contribution in [1.82, 2.24) is 0 Å². The molecule has 0 spiro atoms. The summed E-state index contributed by atoms with van der Waals surface area (Å²) in [5.41, 5.74) is 9.06. The molecule has 0 fully saturated rings. The third kappa shape index (κ3) is 5.43. The van der Waals surface area contributed by atoms with E-state index < -0.39 is 0 Å². The predicted molar refractivity (Wildman–Crippen MR) is 118 cm³/mol. The smallest absolute Gasteiger partial charge is 0.0184 e. The van der Waals surface area contributed by atoms with Crippen LogP contribution in [0.15, 0.2) is 103 Å². The maximum Gasteiger partial charge on any atom is -0.0184 e. The molecular weight excluding hydrogens is 324 g/mol. The summed E-state index contributed by atoms with van der Waals surface area (Å²) in [4.78, 5) is 0. The van der Waals surface area contributed by atoms with E-state index >= 15 is 0 Å². The number of hydrogen-bond donors (Lipinski definition) is 0. The Labute approximate surface area is 163 Å². The van der Waals surface area contributed by atoms with Gasteiger partial charge in [-0.3, -0.25) is 0 Å². The number of aryl methyl sites for hydroxylation is 3. The van der Waals surface area contributed by atoms with Crippen LogP contribution in [0.25, 0.3) is 22.3 Å². The van der Waals surface area contributed by atoms with Gasteiger partial charge in [0.25, 0.3) is 0 Å². The summed E-state index contributed by atoms with van der Waals surface area (Å²) in [6, 6.07) is 36.3. The highest BCUT2D eigenvalue weighted by Gasteiger charge is 1.96. The van der Waals surface area contributed by atoms with Gasteiger partial charge in [0.1, 0.15) is 0 Å². The largest absolute Gasteiger partial charge is 0.0622 e. The topological polar surface area (TPSA) is 0 Å². The Hall–Kier alpha value is -3.12. The number of benzene rings is 4. The van der Waals surface area contributed by atoms with Crippen LogP contribution in [0.3, 0.4) is 0 Å². The monoisotopic (exact) mass is 350 g/mol. The third-order valence-corrected chi connectivity index (χ3v) is 4.60. The summed E-state index contributed by atoms with van der Waals surface area (Å²) in [5, 5.41) is 0. The lowest BCUT2D eigenvalue weighted by Gasteiger charge is -2.02. The van der Waals surface area contributed by atoms with Crippen molar-refractivity contribution in [1.29, 1.82) is 0 Å². The van der Waals surface area contributed by atoms with E-state index in [2.05, 4.69) is 118 Å². The Morgan fingerprint density at radius 1 is 0.296 bits per heavy atom. The Kier molecular flexibility index (Phi) is 6.22. The van der Waals surface area contributed by atoms with E-state index in [1.165, 1.54) is 38.9 Å². The van der Waals surface area contributed by atoms with Gasteiger partial charge in [-0.25, -0.2) is 0 Å². The minimum Gasteiger partial charge on any atom is -0.0622 e. The van der Waals surface area contributed by atoms with Gasteiger partial charge in [0, 0.05) is 0 Å². The molecule has 0 radical (unpaired) electrons. The highest BCUT2D eigenvalue weighted by Crippen LogP contribution is 2.20. The molecule has 0 aliphatic heterocycles. The lowest BCUT2D eigenvalue weighted by molar-refractivity contribution is 1.45. The van der Waals surface area contributed by atoms with Gasteiger partial charge in [-0.2, -0.15) is 0 Å². The molecule has 0 N–H and O–H groups in total. The first-order valence-electron chi connectivity index (χ1n) is 9.37. The molecule has 0 aliphatic carbocycles. The fourth-order valence-electron chi connectivity index (χ4n) is 2.87. The molecule has 0 aromatic heterocycles. The minimum atomic E-state index is 1.28. The van der Waals surface area contributed by atoms with E-state index in [0.717, 1.165) is 0 Å². The number of rotatable bonds is 2. The van der Waals surface area contributed by atoms with Gasteiger partial charge in [-0.15, -0.1) is 0 Å².